The van der Waals surface area contributed by atoms with Crippen molar-refractivity contribution >= 4 is 17.9 Å². The molecule has 180 valence electrons. The fourth-order valence-corrected chi connectivity index (χ4v) is 5.12. The molecule has 9 nitrogen and oxygen atoms in total. The highest BCUT2D eigenvalue weighted by Gasteiger charge is 2.71. The SMILES string of the molecule is CC(C)C[C@H]1C(=O)N2CCC[C@@H]2[C@]2(O)O[C@@](NC(=O)OCc3ccccc3)(C(C)C)C(=O)N12. The zero-order valence-corrected chi connectivity index (χ0v) is 19.6. The summed E-state index contributed by atoms with van der Waals surface area (Å²) in [7, 11) is 0. The largest absolute Gasteiger partial charge is 0.445 e. The quantitative estimate of drug-likeness (QED) is 0.675. The van der Waals surface area contributed by atoms with Gasteiger partial charge in [-0.2, -0.15) is 0 Å². The zero-order valence-electron chi connectivity index (χ0n) is 19.6. The van der Waals surface area contributed by atoms with Crippen molar-refractivity contribution in [2.45, 2.75) is 77.3 Å². The number of piperazine rings is 1. The molecular weight excluding hydrogens is 426 g/mol. The number of benzene rings is 1. The summed E-state index contributed by atoms with van der Waals surface area (Å²) in [4.78, 5) is 42.7. The number of hydrogen-bond acceptors (Lipinski definition) is 6. The monoisotopic (exact) mass is 459 g/mol. The van der Waals surface area contributed by atoms with Crippen LogP contribution in [0.15, 0.2) is 30.3 Å². The van der Waals surface area contributed by atoms with E-state index < -0.39 is 41.6 Å². The Kier molecular flexibility index (Phi) is 6.13. The smallest absolute Gasteiger partial charge is 0.410 e. The third-order valence-electron chi connectivity index (χ3n) is 6.77. The van der Waals surface area contributed by atoms with Gasteiger partial charge in [0, 0.05) is 12.5 Å². The molecule has 3 saturated heterocycles. The van der Waals surface area contributed by atoms with Crippen LogP contribution in [0.1, 0.15) is 52.5 Å². The van der Waals surface area contributed by atoms with Crippen molar-refractivity contribution in [3.8, 4) is 0 Å². The number of nitrogens with one attached hydrogen (secondary N) is 1. The second-order valence-electron chi connectivity index (χ2n) is 9.85. The summed E-state index contributed by atoms with van der Waals surface area (Å²) in [6.07, 6.45) is 0.762. The predicted molar refractivity (Wildman–Crippen MR) is 118 cm³/mol. The van der Waals surface area contributed by atoms with Gasteiger partial charge in [0.05, 0.1) is 0 Å². The molecule has 4 rings (SSSR count). The van der Waals surface area contributed by atoms with Crippen molar-refractivity contribution in [3.63, 3.8) is 0 Å². The lowest BCUT2D eigenvalue weighted by molar-refractivity contribution is -0.322. The third-order valence-corrected chi connectivity index (χ3v) is 6.77. The van der Waals surface area contributed by atoms with Crippen LogP contribution in [0.5, 0.6) is 0 Å². The second-order valence-corrected chi connectivity index (χ2v) is 9.85. The molecule has 0 aromatic heterocycles. The Hall–Kier alpha value is -2.65. The molecule has 3 fully saturated rings. The van der Waals surface area contributed by atoms with Crippen LogP contribution < -0.4 is 5.32 Å². The van der Waals surface area contributed by atoms with Crippen molar-refractivity contribution in [1.82, 2.24) is 15.1 Å². The standard InChI is InChI=1S/C24H33N3O6/c1-15(2)13-18-20(28)26-12-8-11-19(26)24(31)27(18)21(29)23(33-24,16(3)4)25-22(30)32-14-17-9-6-5-7-10-17/h5-7,9-10,15-16,18-19,31H,8,11-14H2,1-4H3,(H,25,30)/t18-,19+,23-,24-/m0/s1. The summed E-state index contributed by atoms with van der Waals surface area (Å²) < 4.78 is 11.5. The van der Waals surface area contributed by atoms with E-state index in [1.165, 1.54) is 4.90 Å². The molecule has 4 atom stereocenters. The van der Waals surface area contributed by atoms with Gasteiger partial charge in [-0.25, -0.2) is 4.79 Å². The first-order valence-electron chi connectivity index (χ1n) is 11.7. The van der Waals surface area contributed by atoms with E-state index >= 15 is 0 Å². The van der Waals surface area contributed by atoms with Crippen LogP contribution in [0.3, 0.4) is 0 Å². The molecule has 0 spiro atoms. The van der Waals surface area contributed by atoms with Gasteiger partial charge in [0.2, 0.25) is 11.6 Å². The van der Waals surface area contributed by atoms with Crippen LogP contribution in [0.25, 0.3) is 0 Å². The molecule has 3 aliphatic heterocycles. The molecule has 2 N–H and O–H groups in total. The van der Waals surface area contributed by atoms with Gasteiger partial charge in [0.15, 0.2) is 0 Å². The van der Waals surface area contributed by atoms with Gasteiger partial charge in [-0.15, -0.1) is 0 Å². The van der Waals surface area contributed by atoms with Crippen LogP contribution in [0.4, 0.5) is 4.79 Å². The van der Waals surface area contributed by atoms with E-state index in [9.17, 15) is 19.5 Å². The Morgan fingerprint density at radius 1 is 1.24 bits per heavy atom. The molecule has 3 aliphatic rings. The molecular formula is C24H33N3O6. The summed E-state index contributed by atoms with van der Waals surface area (Å²) in [6, 6.07) is 7.64. The lowest BCUT2D eigenvalue weighted by Crippen LogP contribution is -2.71. The summed E-state index contributed by atoms with van der Waals surface area (Å²) >= 11 is 0. The predicted octanol–water partition coefficient (Wildman–Crippen LogP) is 2.19. The lowest BCUT2D eigenvalue weighted by Gasteiger charge is -2.49. The molecule has 9 heteroatoms. The van der Waals surface area contributed by atoms with E-state index in [-0.39, 0.29) is 18.4 Å². The maximum atomic E-state index is 13.8. The molecule has 33 heavy (non-hydrogen) atoms. The molecule has 3 heterocycles. The first-order valence-corrected chi connectivity index (χ1v) is 11.7. The average Bonchev–Trinajstić information content (AvgIpc) is 3.34. The van der Waals surface area contributed by atoms with Crippen LogP contribution in [-0.4, -0.2) is 63.1 Å². The van der Waals surface area contributed by atoms with Crippen molar-refractivity contribution < 1.29 is 29.0 Å². The van der Waals surface area contributed by atoms with E-state index in [0.29, 0.717) is 25.8 Å². The molecule has 0 bridgehead atoms. The van der Waals surface area contributed by atoms with E-state index in [1.807, 2.05) is 44.2 Å². The topological polar surface area (TPSA) is 108 Å². The van der Waals surface area contributed by atoms with Gasteiger partial charge in [0.25, 0.3) is 11.8 Å². The first kappa shape index (κ1) is 23.5. The Balaban J connectivity index is 1.64. The number of carbonyl (C=O) groups excluding carboxylic acids is 3. The van der Waals surface area contributed by atoms with Gasteiger partial charge in [-0.1, -0.05) is 58.0 Å². The number of amides is 3. The fraction of sp³-hybridized carbons (Fsp3) is 0.625. The summed E-state index contributed by atoms with van der Waals surface area (Å²) in [5.41, 5.74) is -1.05. The number of ether oxygens (including phenoxy) is 2. The number of carbonyl (C=O) groups is 3. The Labute approximate surface area is 194 Å². The third kappa shape index (κ3) is 3.87. The minimum Gasteiger partial charge on any atom is -0.445 e. The van der Waals surface area contributed by atoms with E-state index in [2.05, 4.69) is 5.32 Å². The summed E-state index contributed by atoms with van der Waals surface area (Å²) in [6.45, 7) is 7.89. The molecule has 0 unspecified atom stereocenters. The summed E-state index contributed by atoms with van der Waals surface area (Å²) in [5, 5.41) is 14.4. The molecule has 1 aromatic carbocycles. The Morgan fingerprint density at radius 3 is 2.58 bits per heavy atom. The van der Waals surface area contributed by atoms with Gasteiger partial charge in [-0.05, 0) is 30.7 Å². The maximum Gasteiger partial charge on any atom is 0.410 e. The average molecular weight is 460 g/mol. The minimum absolute atomic E-state index is 0.0217. The minimum atomic E-state index is -2.02. The molecule has 0 saturated carbocycles. The van der Waals surface area contributed by atoms with Crippen molar-refractivity contribution in [2.24, 2.45) is 11.8 Å². The van der Waals surface area contributed by atoms with Gasteiger partial charge in [0.1, 0.15) is 18.7 Å². The number of nitrogens with zero attached hydrogens (tertiary/aromatic N) is 2. The second kappa shape index (κ2) is 8.61. The highest BCUT2D eigenvalue weighted by atomic mass is 16.7. The van der Waals surface area contributed by atoms with Crippen LogP contribution in [-0.2, 0) is 25.7 Å². The van der Waals surface area contributed by atoms with Crippen molar-refractivity contribution in [3.05, 3.63) is 35.9 Å². The van der Waals surface area contributed by atoms with E-state index in [4.69, 9.17) is 9.47 Å². The van der Waals surface area contributed by atoms with Gasteiger partial charge < -0.3 is 14.7 Å². The fourth-order valence-electron chi connectivity index (χ4n) is 5.12. The first-order chi connectivity index (χ1) is 15.6. The van der Waals surface area contributed by atoms with E-state index in [0.717, 1.165) is 5.56 Å². The number of alkyl carbamates (subject to hydrolysis) is 1. The highest BCUT2D eigenvalue weighted by molar-refractivity contribution is 5.96. The number of aliphatic hydroxyl groups is 1. The molecule has 1 aromatic rings. The zero-order chi connectivity index (χ0) is 24.0. The highest BCUT2D eigenvalue weighted by Crippen LogP contribution is 2.48. The van der Waals surface area contributed by atoms with Crippen LogP contribution in [0, 0.1) is 11.8 Å². The van der Waals surface area contributed by atoms with Gasteiger partial charge >= 0.3 is 6.09 Å². The maximum absolute atomic E-state index is 13.8. The molecule has 0 aliphatic carbocycles. The van der Waals surface area contributed by atoms with Gasteiger partial charge in [-0.3, -0.25) is 24.5 Å². The number of hydrogen-bond donors (Lipinski definition) is 2. The normalized spacial score (nSPS) is 31.2. The van der Waals surface area contributed by atoms with Crippen molar-refractivity contribution in [2.75, 3.05) is 6.54 Å². The molecule has 0 radical (unpaired) electrons. The Morgan fingerprint density at radius 2 is 1.94 bits per heavy atom. The van der Waals surface area contributed by atoms with Crippen molar-refractivity contribution in [1.29, 1.82) is 0 Å². The van der Waals surface area contributed by atoms with E-state index in [1.54, 1.807) is 18.7 Å². The number of rotatable bonds is 6. The summed E-state index contributed by atoms with van der Waals surface area (Å²) in [5.74, 6) is -3.25. The van der Waals surface area contributed by atoms with Crippen LogP contribution in [0.2, 0.25) is 0 Å². The lowest BCUT2D eigenvalue weighted by atomic mass is 9.93. The molecule has 3 amide bonds. The number of fused-ring (bicyclic) bond motifs is 3. The van der Waals surface area contributed by atoms with Crippen LogP contribution >= 0.6 is 0 Å². The Bertz CT molecular complexity index is 922.